The van der Waals surface area contributed by atoms with Gasteiger partial charge in [-0.15, -0.1) is 5.10 Å². The highest BCUT2D eigenvalue weighted by atomic mass is 15.3. The minimum absolute atomic E-state index is 0.417. The van der Waals surface area contributed by atoms with Gasteiger partial charge < -0.3 is 9.80 Å². The first-order valence-corrected chi connectivity index (χ1v) is 8.28. The third kappa shape index (κ3) is 2.75. The van der Waals surface area contributed by atoms with Crippen molar-refractivity contribution in [1.29, 1.82) is 0 Å². The molecular weight excluding hydrogens is 300 g/mol. The highest BCUT2D eigenvalue weighted by molar-refractivity contribution is 5.89. The first-order valence-electron chi connectivity index (χ1n) is 8.28. The van der Waals surface area contributed by atoms with Gasteiger partial charge in [0.15, 0.2) is 5.82 Å². The van der Waals surface area contributed by atoms with Crippen LogP contribution in [0.1, 0.15) is 12.8 Å². The molecule has 1 atom stereocenters. The lowest BCUT2D eigenvalue weighted by Crippen LogP contribution is -2.39. The van der Waals surface area contributed by atoms with Gasteiger partial charge in [0.1, 0.15) is 12.1 Å². The predicted molar refractivity (Wildman–Crippen MR) is 95.2 cm³/mol. The van der Waals surface area contributed by atoms with Crippen molar-refractivity contribution >= 4 is 22.5 Å². The predicted octanol–water partition coefficient (Wildman–Crippen LogP) is 2.53. The number of fused-ring (bicyclic) bond motifs is 1. The molecule has 0 aliphatic carbocycles. The van der Waals surface area contributed by atoms with E-state index in [0.717, 1.165) is 42.0 Å². The molecule has 0 spiro atoms. The maximum atomic E-state index is 4.51. The van der Waals surface area contributed by atoms with Crippen molar-refractivity contribution in [3.63, 3.8) is 0 Å². The molecule has 3 aromatic rings. The van der Waals surface area contributed by atoms with Gasteiger partial charge in [0.25, 0.3) is 0 Å². The molecule has 1 saturated heterocycles. The summed E-state index contributed by atoms with van der Waals surface area (Å²) in [5.74, 6) is 1.94. The van der Waals surface area contributed by atoms with Crippen molar-refractivity contribution in [2.24, 2.45) is 0 Å². The maximum absolute atomic E-state index is 4.51. The first-order chi connectivity index (χ1) is 11.8. The molecule has 122 valence electrons. The minimum atomic E-state index is 0.417. The van der Waals surface area contributed by atoms with E-state index >= 15 is 0 Å². The summed E-state index contributed by atoms with van der Waals surface area (Å²) < 4.78 is 0. The van der Waals surface area contributed by atoms with Gasteiger partial charge >= 0.3 is 0 Å². The zero-order valence-electron chi connectivity index (χ0n) is 13.7. The van der Waals surface area contributed by atoms with Crippen LogP contribution in [0.3, 0.4) is 0 Å². The first kappa shape index (κ1) is 14.8. The highest BCUT2D eigenvalue weighted by Gasteiger charge is 2.27. The number of hydrogen-bond donors (Lipinski definition) is 0. The Morgan fingerprint density at radius 1 is 1.17 bits per heavy atom. The van der Waals surface area contributed by atoms with Crippen molar-refractivity contribution in [1.82, 2.24) is 20.2 Å². The zero-order valence-corrected chi connectivity index (χ0v) is 13.7. The van der Waals surface area contributed by atoms with Gasteiger partial charge in [-0.2, -0.15) is 5.10 Å². The Kier molecular flexibility index (Phi) is 3.94. The van der Waals surface area contributed by atoms with Crippen molar-refractivity contribution < 1.29 is 0 Å². The SMILES string of the molecule is CN(CC1CCCN1c1cccnn1)c1ncnc2ccccc12. The lowest BCUT2D eigenvalue weighted by atomic mass is 10.2. The molecule has 0 N–H and O–H groups in total. The average Bonchev–Trinajstić information content (AvgIpc) is 3.10. The number of hydrogen-bond acceptors (Lipinski definition) is 6. The minimum Gasteiger partial charge on any atom is -0.357 e. The van der Waals surface area contributed by atoms with Crippen molar-refractivity contribution in [3.05, 3.63) is 48.9 Å². The van der Waals surface area contributed by atoms with E-state index in [1.165, 1.54) is 6.42 Å². The van der Waals surface area contributed by atoms with Crippen LogP contribution >= 0.6 is 0 Å². The maximum Gasteiger partial charge on any atom is 0.151 e. The van der Waals surface area contributed by atoms with E-state index < -0.39 is 0 Å². The standard InChI is InChI=1S/C18H20N6/c1-23(18-15-7-2-3-8-16(15)19-13-20-18)12-14-6-5-11-24(14)17-9-4-10-21-22-17/h2-4,7-10,13-14H,5-6,11-12H2,1H3. The number of likely N-dealkylation sites (N-methyl/N-ethyl adjacent to an activating group) is 1. The van der Waals surface area contributed by atoms with Crippen LogP contribution in [0.2, 0.25) is 0 Å². The number of rotatable bonds is 4. The third-order valence-corrected chi connectivity index (χ3v) is 4.60. The summed E-state index contributed by atoms with van der Waals surface area (Å²) in [6, 6.07) is 12.5. The Bertz CT molecular complexity index is 817. The second kappa shape index (κ2) is 6.39. The van der Waals surface area contributed by atoms with Crippen LogP contribution in [-0.2, 0) is 0 Å². The Balaban J connectivity index is 1.58. The van der Waals surface area contributed by atoms with Crippen molar-refractivity contribution in [2.45, 2.75) is 18.9 Å². The Morgan fingerprint density at radius 2 is 2.08 bits per heavy atom. The van der Waals surface area contributed by atoms with Crippen LogP contribution in [0.5, 0.6) is 0 Å². The number of para-hydroxylation sites is 1. The zero-order chi connectivity index (χ0) is 16.4. The lowest BCUT2D eigenvalue weighted by Gasteiger charge is -2.30. The molecule has 6 nitrogen and oxygen atoms in total. The highest BCUT2D eigenvalue weighted by Crippen LogP contribution is 2.26. The molecule has 2 aromatic heterocycles. The fourth-order valence-corrected chi connectivity index (χ4v) is 3.47. The number of nitrogens with zero attached hydrogens (tertiary/aromatic N) is 6. The van der Waals surface area contributed by atoms with Crippen molar-refractivity contribution in [2.75, 3.05) is 29.9 Å². The average molecular weight is 320 g/mol. The topological polar surface area (TPSA) is 58.0 Å². The number of aromatic nitrogens is 4. The van der Waals surface area contributed by atoms with Gasteiger partial charge in [-0.25, -0.2) is 9.97 Å². The van der Waals surface area contributed by atoms with E-state index in [2.05, 4.69) is 43.1 Å². The summed E-state index contributed by atoms with van der Waals surface area (Å²) >= 11 is 0. The summed E-state index contributed by atoms with van der Waals surface area (Å²) in [5, 5.41) is 9.38. The van der Waals surface area contributed by atoms with Crippen LogP contribution in [-0.4, -0.2) is 46.3 Å². The molecule has 4 rings (SSSR count). The van der Waals surface area contributed by atoms with Crippen LogP contribution in [0.4, 0.5) is 11.6 Å². The molecule has 1 aliphatic rings. The summed E-state index contributed by atoms with van der Waals surface area (Å²) in [7, 11) is 2.10. The third-order valence-electron chi connectivity index (χ3n) is 4.60. The fourth-order valence-electron chi connectivity index (χ4n) is 3.47. The van der Waals surface area contributed by atoms with E-state index in [1.807, 2.05) is 30.3 Å². The van der Waals surface area contributed by atoms with E-state index in [4.69, 9.17) is 0 Å². The van der Waals surface area contributed by atoms with Gasteiger partial charge in [0.2, 0.25) is 0 Å². The molecule has 1 aliphatic heterocycles. The van der Waals surface area contributed by atoms with E-state index in [1.54, 1.807) is 12.5 Å². The summed E-state index contributed by atoms with van der Waals surface area (Å²) in [4.78, 5) is 13.4. The monoisotopic (exact) mass is 320 g/mol. The molecule has 6 heteroatoms. The Hall–Kier alpha value is -2.76. The van der Waals surface area contributed by atoms with Crippen LogP contribution in [0.15, 0.2) is 48.9 Å². The van der Waals surface area contributed by atoms with Crippen LogP contribution in [0.25, 0.3) is 10.9 Å². The second-order valence-corrected chi connectivity index (χ2v) is 6.17. The van der Waals surface area contributed by atoms with Gasteiger partial charge in [0, 0.05) is 37.8 Å². The van der Waals surface area contributed by atoms with E-state index in [9.17, 15) is 0 Å². The molecule has 24 heavy (non-hydrogen) atoms. The number of anilines is 2. The molecule has 0 bridgehead atoms. The molecule has 1 unspecified atom stereocenters. The van der Waals surface area contributed by atoms with E-state index in [-0.39, 0.29) is 0 Å². The Labute approximate surface area is 141 Å². The van der Waals surface area contributed by atoms with Gasteiger partial charge in [-0.3, -0.25) is 0 Å². The summed E-state index contributed by atoms with van der Waals surface area (Å²) in [5.41, 5.74) is 0.978. The van der Waals surface area contributed by atoms with Gasteiger partial charge in [-0.05, 0) is 37.1 Å². The van der Waals surface area contributed by atoms with E-state index in [0.29, 0.717) is 6.04 Å². The summed E-state index contributed by atoms with van der Waals surface area (Å²) in [6.07, 6.45) is 5.69. The molecule has 0 saturated carbocycles. The number of benzene rings is 1. The van der Waals surface area contributed by atoms with Crippen LogP contribution < -0.4 is 9.80 Å². The molecule has 0 amide bonds. The molecule has 1 aromatic carbocycles. The molecular formula is C18H20N6. The molecule has 1 fully saturated rings. The smallest absolute Gasteiger partial charge is 0.151 e. The van der Waals surface area contributed by atoms with Gasteiger partial charge in [0.05, 0.1) is 5.52 Å². The fraction of sp³-hybridized carbons (Fsp3) is 0.333. The quantitative estimate of drug-likeness (QED) is 0.736. The Morgan fingerprint density at radius 3 is 2.96 bits per heavy atom. The largest absolute Gasteiger partial charge is 0.357 e. The molecule has 0 radical (unpaired) electrons. The normalized spacial score (nSPS) is 17.4. The second-order valence-electron chi connectivity index (χ2n) is 6.17. The van der Waals surface area contributed by atoms with Gasteiger partial charge in [-0.1, -0.05) is 12.1 Å². The van der Waals surface area contributed by atoms with Crippen LogP contribution in [0, 0.1) is 0 Å². The summed E-state index contributed by atoms with van der Waals surface area (Å²) in [6.45, 7) is 1.93. The lowest BCUT2D eigenvalue weighted by molar-refractivity contribution is 0.644. The van der Waals surface area contributed by atoms with Crippen molar-refractivity contribution in [3.8, 4) is 0 Å². The molecule has 3 heterocycles.